The van der Waals surface area contributed by atoms with Crippen molar-refractivity contribution in [1.29, 1.82) is 0 Å². The summed E-state index contributed by atoms with van der Waals surface area (Å²) in [6.07, 6.45) is -9.64. The molecule has 0 spiro atoms. The predicted octanol–water partition coefficient (Wildman–Crippen LogP) is 12.5. The topological polar surface area (TPSA) is 9.86 Å². The molecular weight excluding hydrogens is 634 g/mol. The summed E-state index contributed by atoms with van der Waals surface area (Å²) in [5.74, 6) is 0. The van der Waals surface area contributed by atoms with E-state index in [2.05, 4.69) is 0 Å². The van der Waals surface area contributed by atoms with Crippen molar-refractivity contribution in [3.05, 3.63) is 143 Å². The summed E-state index contributed by atoms with van der Waals surface area (Å²) in [5.41, 5.74) is 1.94. The van der Waals surface area contributed by atoms with Crippen molar-refractivity contribution in [2.45, 2.75) is 33.1 Å². The summed E-state index contributed by atoms with van der Waals surface area (Å²) in [7, 11) is 0. The molecule has 2 aromatic heterocycles. The van der Waals surface area contributed by atoms with Crippen molar-refractivity contribution >= 4 is 43.6 Å². The van der Waals surface area contributed by atoms with Crippen LogP contribution in [0.15, 0.2) is 115 Å². The van der Waals surface area contributed by atoms with Gasteiger partial charge in [-0.3, -0.25) is 0 Å². The van der Waals surface area contributed by atoms with Crippen LogP contribution in [-0.4, -0.2) is 9.13 Å². The van der Waals surface area contributed by atoms with Crippen molar-refractivity contribution in [2.24, 2.45) is 0 Å². The van der Waals surface area contributed by atoms with Crippen LogP contribution in [0, 0.1) is 20.8 Å². The SMILES string of the molecule is Cc1ccc2c3ccccc3n(-c3cc(C(F)(F)F)c(-n4c5ccccc5c5ccc(C)cc54)cc3-c3c(C)cccc3C(F)(F)F)c2c1. The highest BCUT2D eigenvalue weighted by Gasteiger charge is 2.39. The molecule has 0 aliphatic carbocycles. The molecule has 0 atom stereocenters. The third-order valence-electron chi connectivity index (χ3n) is 9.41. The van der Waals surface area contributed by atoms with E-state index in [1.807, 2.05) is 74.5 Å². The lowest BCUT2D eigenvalue weighted by Crippen LogP contribution is -2.15. The Kier molecular flexibility index (Phi) is 6.76. The molecule has 0 saturated heterocycles. The quantitative estimate of drug-likeness (QED) is 0.167. The van der Waals surface area contributed by atoms with Gasteiger partial charge in [-0.2, -0.15) is 26.3 Å². The minimum Gasteiger partial charge on any atom is -0.309 e. The lowest BCUT2D eigenvalue weighted by atomic mass is 9.91. The Morgan fingerprint density at radius 3 is 1.45 bits per heavy atom. The summed E-state index contributed by atoms with van der Waals surface area (Å²) in [5, 5.41) is 3.04. The first kappa shape index (κ1) is 30.8. The fourth-order valence-corrected chi connectivity index (χ4v) is 7.32. The van der Waals surface area contributed by atoms with Gasteiger partial charge in [-0.1, -0.05) is 72.8 Å². The summed E-state index contributed by atoms with van der Waals surface area (Å²) in [6, 6.07) is 31.9. The number of rotatable bonds is 3. The summed E-state index contributed by atoms with van der Waals surface area (Å²) < 4.78 is 94.3. The van der Waals surface area contributed by atoms with Gasteiger partial charge in [0.15, 0.2) is 0 Å². The number of nitrogens with zero attached hydrogens (tertiary/aromatic N) is 2. The zero-order valence-electron chi connectivity index (χ0n) is 26.6. The molecular formula is C41H28F6N2. The number of benzene rings is 6. The normalized spacial score (nSPS) is 12.6. The molecule has 49 heavy (non-hydrogen) atoms. The molecule has 0 unspecified atom stereocenters. The number of aromatic nitrogens is 2. The predicted molar refractivity (Wildman–Crippen MR) is 185 cm³/mol. The summed E-state index contributed by atoms with van der Waals surface area (Å²) in [6.45, 7) is 5.29. The Hall–Kier alpha value is -5.50. The first-order chi connectivity index (χ1) is 23.3. The Morgan fingerprint density at radius 2 is 0.918 bits per heavy atom. The van der Waals surface area contributed by atoms with Crippen LogP contribution in [-0.2, 0) is 12.4 Å². The molecule has 8 aromatic rings. The van der Waals surface area contributed by atoms with Crippen LogP contribution in [0.5, 0.6) is 0 Å². The van der Waals surface area contributed by atoms with Crippen molar-refractivity contribution in [1.82, 2.24) is 9.13 Å². The van der Waals surface area contributed by atoms with Crippen LogP contribution >= 0.6 is 0 Å². The molecule has 0 radical (unpaired) electrons. The fraction of sp³-hybridized carbons (Fsp3) is 0.122. The third-order valence-corrected chi connectivity index (χ3v) is 9.41. The van der Waals surface area contributed by atoms with Crippen LogP contribution in [0.1, 0.15) is 27.8 Å². The van der Waals surface area contributed by atoms with Gasteiger partial charge >= 0.3 is 12.4 Å². The average molecular weight is 663 g/mol. The van der Waals surface area contributed by atoms with Gasteiger partial charge in [0.25, 0.3) is 0 Å². The van der Waals surface area contributed by atoms with E-state index in [0.717, 1.165) is 44.8 Å². The Balaban J connectivity index is 1.62. The number of para-hydroxylation sites is 2. The highest BCUT2D eigenvalue weighted by molar-refractivity contribution is 6.11. The molecule has 0 N–H and O–H groups in total. The Bertz CT molecular complexity index is 2620. The molecule has 0 aliphatic heterocycles. The maximum Gasteiger partial charge on any atom is 0.418 e. The minimum absolute atomic E-state index is 0.00428. The van der Waals surface area contributed by atoms with Crippen LogP contribution in [0.25, 0.3) is 66.1 Å². The molecule has 8 rings (SSSR count). The van der Waals surface area contributed by atoms with Gasteiger partial charge in [-0.25, -0.2) is 0 Å². The largest absolute Gasteiger partial charge is 0.418 e. The van der Waals surface area contributed by atoms with E-state index in [0.29, 0.717) is 22.1 Å². The van der Waals surface area contributed by atoms with E-state index in [9.17, 15) is 13.2 Å². The van der Waals surface area contributed by atoms with Crippen molar-refractivity contribution in [3.8, 4) is 22.5 Å². The number of alkyl halides is 6. The van der Waals surface area contributed by atoms with E-state index in [1.54, 1.807) is 41.8 Å². The second-order valence-electron chi connectivity index (χ2n) is 12.6. The van der Waals surface area contributed by atoms with E-state index in [1.165, 1.54) is 16.7 Å². The molecule has 0 bridgehead atoms. The van der Waals surface area contributed by atoms with Crippen molar-refractivity contribution in [3.63, 3.8) is 0 Å². The van der Waals surface area contributed by atoms with Crippen molar-refractivity contribution < 1.29 is 26.3 Å². The number of halogens is 6. The number of aryl methyl sites for hydroxylation is 3. The Morgan fingerprint density at radius 1 is 0.429 bits per heavy atom. The van der Waals surface area contributed by atoms with Gasteiger partial charge in [0.2, 0.25) is 0 Å². The maximum absolute atomic E-state index is 15.5. The van der Waals surface area contributed by atoms with Crippen LogP contribution in [0.4, 0.5) is 26.3 Å². The summed E-state index contributed by atoms with van der Waals surface area (Å²) in [4.78, 5) is 0. The lowest BCUT2D eigenvalue weighted by molar-refractivity contribution is -0.138. The lowest BCUT2D eigenvalue weighted by Gasteiger charge is -2.24. The van der Waals surface area contributed by atoms with Gasteiger partial charge in [-0.15, -0.1) is 0 Å². The monoisotopic (exact) mass is 662 g/mol. The van der Waals surface area contributed by atoms with Crippen molar-refractivity contribution in [2.75, 3.05) is 0 Å². The second-order valence-corrected chi connectivity index (χ2v) is 12.6. The zero-order chi connectivity index (χ0) is 34.4. The molecule has 8 heteroatoms. The molecule has 0 saturated carbocycles. The second kappa shape index (κ2) is 10.8. The summed E-state index contributed by atoms with van der Waals surface area (Å²) >= 11 is 0. The van der Waals surface area contributed by atoms with E-state index in [4.69, 9.17) is 0 Å². The molecule has 244 valence electrons. The van der Waals surface area contributed by atoms with E-state index >= 15 is 13.2 Å². The third kappa shape index (κ3) is 4.80. The van der Waals surface area contributed by atoms with E-state index in [-0.39, 0.29) is 28.1 Å². The molecule has 0 aliphatic rings. The zero-order valence-corrected chi connectivity index (χ0v) is 26.6. The molecule has 0 amide bonds. The van der Waals surface area contributed by atoms with Gasteiger partial charge in [-0.05, 0) is 85.5 Å². The number of hydrogen-bond acceptors (Lipinski definition) is 0. The van der Waals surface area contributed by atoms with E-state index < -0.39 is 23.5 Å². The van der Waals surface area contributed by atoms with Gasteiger partial charge in [0, 0.05) is 27.1 Å². The highest BCUT2D eigenvalue weighted by Crippen LogP contribution is 2.48. The van der Waals surface area contributed by atoms with Crippen LogP contribution < -0.4 is 0 Å². The van der Waals surface area contributed by atoms with Crippen LogP contribution in [0.3, 0.4) is 0 Å². The highest BCUT2D eigenvalue weighted by atomic mass is 19.4. The smallest absolute Gasteiger partial charge is 0.309 e. The number of hydrogen-bond donors (Lipinski definition) is 0. The molecule has 2 heterocycles. The van der Waals surface area contributed by atoms with Gasteiger partial charge in [0.05, 0.1) is 44.6 Å². The van der Waals surface area contributed by atoms with Gasteiger partial charge in [0.1, 0.15) is 0 Å². The maximum atomic E-state index is 15.5. The molecule has 0 fully saturated rings. The first-order valence-corrected chi connectivity index (χ1v) is 15.8. The first-order valence-electron chi connectivity index (χ1n) is 15.8. The Labute approximate surface area is 277 Å². The average Bonchev–Trinajstić information content (AvgIpc) is 3.55. The molecule has 6 aromatic carbocycles. The standard InChI is InChI=1S/C41H28F6N2/c1-23-15-17-28-26-10-4-6-13-33(26)48(35(28)19-23)37-22-32(41(45,46)47)38(21-30(37)39-25(3)9-8-12-31(39)40(42,43)44)49-34-14-7-5-11-27(34)29-18-16-24(2)20-36(29)49/h4-22H,1-3H3. The molecule has 2 nitrogen and oxygen atoms in total. The van der Waals surface area contributed by atoms with Gasteiger partial charge < -0.3 is 9.13 Å². The number of fused-ring (bicyclic) bond motifs is 6. The minimum atomic E-state index is -4.86. The fourth-order valence-electron chi connectivity index (χ4n) is 7.32. The van der Waals surface area contributed by atoms with Crippen LogP contribution in [0.2, 0.25) is 0 Å².